The zero-order valence-corrected chi connectivity index (χ0v) is 12.1. The van der Waals surface area contributed by atoms with Gasteiger partial charge in [0.1, 0.15) is 0 Å². The van der Waals surface area contributed by atoms with Crippen molar-refractivity contribution >= 4 is 5.91 Å². The highest BCUT2D eigenvalue weighted by molar-refractivity contribution is 5.77. The number of nitrogens with one attached hydrogen (secondary N) is 1. The average Bonchev–Trinajstić information content (AvgIpc) is 2.98. The third-order valence-corrected chi connectivity index (χ3v) is 3.78. The highest BCUT2D eigenvalue weighted by atomic mass is 16.5. The third kappa shape index (κ3) is 4.44. The van der Waals surface area contributed by atoms with Crippen LogP contribution in [-0.4, -0.2) is 26.2 Å². The standard InChI is InChI=1S/C16H23NO3/c1-19-14-8-4-5-9-15(14)20-12-16(18)17-11-10-13-6-2-3-7-13/h4-5,8-9,13H,2-3,6-7,10-12H2,1H3,(H,17,18). The van der Waals surface area contributed by atoms with Gasteiger partial charge in [-0.3, -0.25) is 4.79 Å². The minimum absolute atomic E-state index is 0.0328. The molecule has 0 heterocycles. The average molecular weight is 277 g/mol. The molecule has 1 N–H and O–H groups in total. The van der Waals surface area contributed by atoms with Crippen LogP contribution in [0.3, 0.4) is 0 Å². The fourth-order valence-corrected chi connectivity index (χ4v) is 2.65. The minimum Gasteiger partial charge on any atom is -0.493 e. The molecule has 0 aliphatic heterocycles. The van der Waals surface area contributed by atoms with Crippen LogP contribution < -0.4 is 14.8 Å². The maximum Gasteiger partial charge on any atom is 0.257 e. The molecular formula is C16H23NO3. The van der Waals surface area contributed by atoms with Crippen molar-refractivity contribution in [3.8, 4) is 11.5 Å². The molecule has 0 atom stereocenters. The Hall–Kier alpha value is -1.71. The molecule has 0 spiro atoms. The summed E-state index contributed by atoms with van der Waals surface area (Å²) in [7, 11) is 1.59. The van der Waals surface area contributed by atoms with E-state index in [2.05, 4.69) is 5.32 Å². The first-order chi connectivity index (χ1) is 9.79. The van der Waals surface area contributed by atoms with Crippen LogP contribution in [0.1, 0.15) is 32.1 Å². The Balaban J connectivity index is 1.66. The van der Waals surface area contributed by atoms with Crippen molar-refractivity contribution in [2.45, 2.75) is 32.1 Å². The summed E-state index contributed by atoms with van der Waals surface area (Å²) in [5.74, 6) is 1.96. The highest BCUT2D eigenvalue weighted by Crippen LogP contribution is 2.27. The first kappa shape index (κ1) is 14.7. The molecule has 2 rings (SSSR count). The van der Waals surface area contributed by atoms with Crippen LogP contribution >= 0.6 is 0 Å². The van der Waals surface area contributed by atoms with Crippen LogP contribution in [0.4, 0.5) is 0 Å². The molecule has 1 aromatic rings. The van der Waals surface area contributed by atoms with Gasteiger partial charge in [-0.15, -0.1) is 0 Å². The van der Waals surface area contributed by atoms with E-state index >= 15 is 0 Å². The topological polar surface area (TPSA) is 47.6 Å². The number of hydrogen-bond donors (Lipinski definition) is 1. The lowest BCUT2D eigenvalue weighted by atomic mass is 10.0. The second kappa shape index (κ2) is 7.78. The van der Waals surface area contributed by atoms with Crippen molar-refractivity contribution in [1.82, 2.24) is 5.32 Å². The van der Waals surface area contributed by atoms with Gasteiger partial charge in [0.25, 0.3) is 5.91 Å². The Kier molecular flexibility index (Phi) is 5.71. The van der Waals surface area contributed by atoms with E-state index in [9.17, 15) is 4.79 Å². The van der Waals surface area contributed by atoms with Crippen molar-refractivity contribution in [1.29, 1.82) is 0 Å². The van der Waals surface area contributed by atoms with E-state index in [-0.39, 0.29) is 12.5 Å². The number of ether oxygens (including phenoxy) is 2. The molecule has 1 aromatic carbocycles. The molecule has 110 valence electrons. The van der Waals surface area contributed by atoms with E-state index in [1.54, 1.807) is 13.2 Å². The molecule has 0 saturated heterocycles. The summed E-state index contributed by atoms with van der Waals surface area (Å²) in [6.07, 6.45) is 6.40. The molecule has 1 fully saturated rings. The third-order valence-electron chi connectivity index (χ3n) is 3.78. The maximum atomic E-state index is 11.7. The SMILES string of the molecule is COc1ccccc1OCC(=O)NCCC1CCCC1. The summed E-state index contributed by atoms with van der Waals surface area (Å²) in [5.41, 5.74) is 0. The number of methoxy groups -OCH3 is 1. The molecule has 1 saturated carbocycles. The van der Waals surface area contributed by atoms with E-state index in [4.69, 9.17) is 9.47 Å². The number of carbonyl (C=O) groups is 1. The summed E-state index contributed by atoms with van der Waals surface area (Å²) >= 11 is 0. The number of hydrogen-bond acceptors (Lipinski definition) is 3. The first-order valence-corrected chi connectivity index (χ1v) is 7.32. The summed E-state index contributed by atoms with van der Waals surface area (Å²) in [6.45, 7) is 0.782. The Morgan fingerprint density at radius 1 is 1.25 bits per heavy atom. The van der Waals surface area contributed by atoms with Gasteiger partial charge in [0, 0.05) is 6.54 Å². The molecule has 1 aliphatic carbocycles. The Labute approximate surface area is 120 Å². The monoisotopic (exact) mass is 277 g/mol. The molecule has 20 heavy (non-hydrogen) atoms. The van der Waals surface area contributed by atoms with Crippen LogP contribution in [0, 0.1) is 5.92 Å². The Morgan fingerprint density at radius 3 is 2.65 bits per heavy atom. The lowest BCUT2D eigenvalue weighted by Gasteiger charge is -2.12. The van der Waals surface area contributed by atoms with Crippen molar-refractivity contribution in [2.24, 2.45) is 5.92 Å². The van der Waals surface area contributed by atoms with Gasteiger partial charge in [-0.2, -0.15) is 0 Å². The molecule has 0 bridgehead atoms. The number of rotatable bonds is 7. The zero-order chi connectivity index (χ0) is 14.2. The smallest absolute Gasteiger partial charge is 0.257 e. The predicted octanol–water partition coefficient (Wildman–Crippen LogP) is 2.77. The van der Waals surface area contributed by atoms with Crippen LogP contribution in [0.25, 0.3) is 0 Å². The fraction of sp³-hybridized carbons (Fsp3) is 0.562. The molecule has 0 unspecified atom stereocenters. The van der Waals surface area contributed by atoms with Gasteiger partial charge >= 0.3 is 0 Å². The van der Waals surface area contributed by atoms with E-state index in [0.717, 1.165) is 18.9 Å². The first-order valence-electron chi connectivity index (χ1n) is 7.32. The Bertz CT molecular complexity index is 427. The largest absolute Gasteiger partial charge is 0.493 e. The normalized spacial score (nSPS) is 15.1. The molecule has 4 nitrogen and oxygen atoms in total. The van der Waals surface area contributed by atoms with Gasteiger partial charge in [-0.05, 0) is 24.5 Å². The van der Waals surface area contributed by atoms with Gasteiger partial charge in [0.2, 0.25) is 0 Å². The number of para-hydroxylation sites is 2. The van der Waals surface area contributed by atoms with Gasteiger partial charge in [0.15, 0.2) is 18.1 Å². The minimum atomic E-state index is -0.0751. The van der Waals surface area contributed by atoms with Crippen molar-refractivity contribution in [3.63, 3.8) is 0 Å². The number of carbonyl (C=O) groups excluding carboxylic acids is 1. The molecule has 0 radical (unpaired) electrons. The molecule has 1 aliphatic rings. The fourth-order valence-electron chi connectivity index (χ4n) is 2.65. The summed E-state index contributed by atoms with van der Waals surface area (Å²) in [4.78, 5) is 11.7. The predicted molar refractivity (Wildman–Crippen MR) is 78.1 cm³/mol. The Morgan fingerprint density at radius 2 is 1.95 bits per heavy atom. The lowest BCUT2D eigenvalue weighted by molar-refractivity contribution is -0.123. The van der Waals surface area contributed by atoms with Crippen molar-refractivity contribution < 1.29 is 14.3 Å². The second-order valence-electron chi connectivity index (χ2n) is 5.23. The van der Waals surface area contributed by atoms with E-state index in [0.29, 0.717) is 11.5 Å². The quantitative estimate of drug-likeness (QED) is 0.833. The van der Waals surface area contributed by atoms with Gasteiger partial charge in [-0.1, -0.05) is 37.8 Å². The molecular weight excluding hydrogens is 254 g/mol. The van der Waals surface area contributed by atoms with E-state index < -0.39 is 0 Å². The summed E-state index contributed by atoms with van der Waals surface area (Å²) < 4.78 is 10.6. The molecule has 0 aromatic heterocycles. The number of amides is 1. The van der Waals surface area contributed by atoms with Crippen LogP contribution in [0.2, 0.25) is 0 Å². The lowest BCUT2D eigenvalue weighted by Crippen LogP contribution is -2.30. The molecule has 4 heteroatoms. The van der Waals surface area contributed by atoms with E-state index in [1.165, 1.54) is 25.7 Å². The van der Waals surface area contributed by atoms with Crippen LogP contribution in [0.15, 0.2) is 24.3 Å². The summed E-state index contributed by atoms with van der Waals surface area (Å²) in [6, 6.07) is 7.33. The van der Waals surface area contributed by atoms with Gasteiger partial charge in [0.05, 0.1) is 7.11 Å². The van der Waals surface area contributed by atoms with Crippen LogP contribution in [-0.2, 0) is 4.79 Å². The van der Waals surface area contributed by atoms with Crippen LogP contribution in [0.5, 0.6) is 11.5 Å². The van der Waals surface area contributed by atoms with Crippen molar-refractivity contribution in [2.75, 3.05) is 20.3 Å². The number of benzene rings is 1. The maximum absolute atomic E-state index is 11.7. The molecule has 1 amide bonds. The second-order valence-corrected chi connectivity index (χ2v) is 5.23. The zero-order valence-electron chi connectivity index (χ0n) is 12.1. The van der Waals surface area contributed by atoms with E-state index in [1.807, 2.05) is 18.2 Å². The summed E-state index contributed by atoms with van der Waals surface area (Å²) in [5, 5.41) is 2.91. The van der Waals surface area contributed by atoms with Gasteiger partial charge in [-0.25, -0.2) is 0 Å². The van der Waals surface area contributed by atoms with Gasteiger partial charge < -0.3 is 14.8 Å². The highest BCUT2D eigenvalue weighted by Gasteiger charge is 2.14. The van der Waals surface area contributed by atoms with Crippen molar-refractivity contribution in [3.05, 3.63) is 24.3 Å².